The molecule has 0 aliphatic rings. The van der Waals surface area contributed by atoms with E-state index in [1.807, 2.05) is 0 Å². The Labute approximate surface area is 125 Å². The lowest BCUT2D eigenvalue weighted by molar-refractivity contribution is -0.119. The second kappa shape index (κ2) is 6.49. The van der Waals surface area contributed by atoms with Crippen LogP contribution in [0.15, 0.2) is 27.8 Å². The van der Waals surface area contributed by atoms with Gasteiger partial charge in [-0.3, -0.25) is 10.1 Å². The molecule has 3 amide bonds. The van der Waals surface area contributed by atoms with Gasteiger partial charge < -0.3 is 15.5 Å². The number of carbonyl (C=O) groups excluding carboxylic acids is 2. The summed E-state index contributed by atoms with van der Waals surface area (Å²) in [6, 6.07) is 4.62. The number of nitrogens with one attached hydrogen (secondary N) is 2. The van der Waals surface area contributed by atoms with E-state index in [1.165, 1.54) is 0 Å². The van der Waals surface area contributed by atoms with Gasteiger partial charge in [0.1, 0.15) is 5.52 Å². The number of benzene rings is 1. The number of anilines is 1. The number of amides is 3. The number of imide groups is 1. The van der Waals surface area contributed by atoms with Gasteiger partial charge in [-0.15, -0.1) is 0 Å². The zero-order chi connectivity index (χ0) is 15.4. The Morgan fingerprint density at radius 3 is 2.95 bits per heavy atom. The smallest absolute Gasteiger partial charge is 0.321 e. The van der Waals surface area contributed by atoms with E-state index >= 15 is 0 Å². The molecule has 0 fully saturated rings. The summed E-state index contributed by atoms with van der Waals surface area (Å²) in [6.45, 7) is 3.89. The van der Waals surface area contributed by atoms with E-state index in [-0.39, 0.29) is 0 Å². The minimum atomic E-state index is -0.516. The number of hydrogen-bond donors (Lipinski definition) is 3. The number of urea groups is 1. The molecule has 7 nitrogen and oxygen atoms in total. The lowest BCUT2D eigenvalue weighted by Crippen LogP contribution is -2.42. The summed E-state index contributed by atoms with van der Waals surface area (Å²) in [5.74, 6) is -0.410. The fraction of sp³-hybridized carbons (Fsp3) is 0.308. The van der Waals surface area contributed by atoms with E-state index in [4.69, 9.17) is 10.2 Å². The quantitative estimate of drug-likeness (QED) is 0.586. The van der Waals surface area contributed by atoms with Crippen molar-refractivity contribution in [2.75, 3.05) is 12.3 Å². The maximum Gasteiger partial charge on any atom is 0.321 e. The molecule has 0 spiro atoms. The SMILES string of the molecule is CCNC(=O)NC(=O)C(C)Sc1nc2cc(N)ccc2o1. The third kappa shape index (κ3) is 3.88. The number of rotatable bonds is 4. The first-order valence-corrected chi connectivity index (χ1v) is 7.29. The number of aromatic nitrogens is 1. The molecule has 8 heteroatoms. The third-order valence-corrected chi connectivity index (χ3v) is 3.56. The Balaban J connectivity index is 2.02. The van der Waals surface area contributed by atoms with E-state index in [0.29, 0.717) is 28.6 Å². The molecule has 2 aromatic rings. The van der Waals surface area contributed by atoms with Crippen molar-refractivity contribution >= 4 is 40.5 Å². The fourth-order valence-corrected chi connectivity index (χ4v) is 2.35. The molecular weight excluding hydrogens is 292 g/mol. The number of thioether (sulfide) groups is 1. The van der Waals surface area contributed by atoms with Gasteiger partial charge in [0.05, 0.1) is 5.25 Å². The van der Waals surface area contributed by atoms with E-state index in [9.17, 15) is 9.59 Å². The van der Waals surface area contributed by atoms with Crippen LogP contribution in [0.2, 0.25) is 0 Å². The Hall–Kier alpha value is -2.22. The van der Waals surface area contributed by atoms with Crippen molar-refractivity contribution < 1.29 is 14.0 Å². The van der Waals surface area contributed by atoms with Crippen LogP contribution in [0.1, 0.15) is 13.8 Å². The standard InChI is InChI=1S/C13H16N4O3S/c1-3-15-12(19)17-11(18)7(2)21-13-16-9-6-8(14)4-5-10(9)20-13/h4-7H,3,14H2,1-2H3,(H2,15,17,18,19). The van der Waals surface area contributed by atoms with E-state index in [0.717, 1.165) is 11.8 Å². The number of hydrogen-bond acceptors (Lipinski definition) is 6. The van der Waals surface area contributed by atoms with Crippen LogP contribution >= 0.6 is 11.8 Å². The lowest BCUT2D eigenvalue weighted by atomic mass is 10.3. The molecule has 0 radical (unpaired) electrons. The Morgan fingerprint density at radius 1 is 1.48 bits per heavy atom. The normalized spacial score (nSPS) is 12.1. The highest BCUT2D eigenvalue weighted by molar-refractivity contribution is 8.00. The van der Waals surface area contributed by atoms with Crippen molar-refractivity contribution in [3.8, 4) is 0 Å². The predicted octanol–water partition coefficient (Wildman–Crippen LogP) is 1.74. The molecule has 0 aliphatic carbocycles. The number of carbonyl (C=O) groups is 2. The number of nitrogens with zero attached hydrogens (tertiary/aromatic N) is 1. The molecule has 112 valence electrons. The van der Waals surface area contributed by atoms with Gasteiger partial charge in [-0.25, -0.2) is 9.78 Å². The van der Waals surface area contributed by atoms with Crippen LogP contribution in [0.4, 0.5) is 10.5 Å². The summed E-state index contributed by atoms with van der Waals surface area (Å²) in [4.78, 5) is 27.4. The first-order chi connectivity index (χ1) is 9.99. The highest BCUT2D eigenvalue weighted by atomic mass is 32.2. The molecule has 2 rings (SSSR count). The van der Waals surface area contributed by atoms with Crippen LogP contribution < -0.4 is 16.4 Å². The van der Waals surface area contributed by atoms with Gasteiger partial charge >= 0.3 is 6.03 Å². The molecule has 0 bridgehead atoms. The molecule has 1 aromatic heterocycles. The summed E-state index contributed by atoms with van der Waals surface area (Å²) in [5.41, 5.74) is 7.49. The van der Waals surface area contributed by atoms with Gasteiger partial charge in [0.25, 0.3) is 5.22 Å². The third-order valence-electron chi connectivity index (χ3n) is 2.61. The minimum Gasteiger partial charge on any atom is -0.431 e. The fourth-order valence-electron chi connectivity index (χ4n) is 1.60. The lowest BCUT2D eigenvalue weighted by Gasteiger charge is -2.08. The highest BCUT2D eigenvalue weighted by Gasteiger charge is 2.19. The highest BCUT2D eigenvalue weighted by Crippen LogP contribution is 2.27. The van der Waals surface area contributed by atoms with E-state index < -0.39 is 17.2 Å². The number of fused-ring (bicyclic) bond motifs is 1. The van der Waals surface area contributed by atoms with Crippen molar-refractivity contribution in [2.45, 2.75) is 24.3 Å². The monoisotopic (exact) mass is 308 g/mol. The van der Waals surface area contributed by atoms with Crippen LogP contribution in [0.3, 0.4) is 0 Å². The summed E-state index contributed by atoms with van der Waals surface area (Å²) in [5, 5.41) is 4.57. The first-order valence-electron chi connectivity index (χ1n) is 6.41. The van der Waals surface area contributed by atoms with Gasteiger partial charge in [0.15, 0.2) is 5.58 Å². The van der Waals surface area contributed by atoms with Crippen LogP contribution in [-0.2, 0) is 4.79 Å². The Bertz CT molecular complexity index is 670. The molecule has 1 aromatic carbocycles. The summed E-state index contributed by atoms with van der Waals surface area (Å²) in [7, 11) is 0. The van der Waals surface area contributed by atoms with Crippen LogP contribution in [0.25, 0.3) is 11.1 Å². The van der Waals surface area contributed by atoms with Gasteiger partial charge in [0.2, 0.25) is 5.91 Å². The molecular formula is C13H16N4O3S. The molecule has 1 atom stereocenters. The first kappa shape index (κ1) is 15.2. The summed E-state index contributed by atoms with van der Waals surface area (Å²) in [6.07, 6.45) is 0. The summed E-state index contributed by atoms with van der Waals surface area (Å²) < 4.78 is 5.51. The van der Waals surface area contributed by atoms with Gasteiger partial charge in [0, 0.05) is 12.2 Å². The largest absolute Gasteiger partial charge is 0.431 e. The number of nitrogen functional groups attached to an aromatic ring is 1. The van der Waals surface area contributed by atoms with Crippen molar-refractivity contribution in [3.05, 3.63) is 18.2 Å². The Morgan fingerprint density at radius 2 is 2.24 bits per heavy atom. The number of nitrogens with two attached hydrogens (primary N) is 1. The van der Waals surface area contributed by atoms with Crippen LogP contribution in [0, 0.1) is 0 Å². The van der Waals surface area contributed by atoms with Crippen molar-refractivity contribution in [2.24, 2.45) is 0 Å². The molecule has 0 aliphatic heterocycles. The molecule has 0 saturated carbocycles. The molecule has 4 N–H and O–H groups in total. The average Bonchev–Trinajstić information content (AvgIpc) is 2.80. The van der Waals surface area contributed by atoms with E-state index in [2.05, 4.69) is 15.6 Å². The number of oxazole rings is 1. The summed E-state index contributed by atoms with van der Waals surface area (Å²) >= 11 is 1.13. The molecule has 1 heterocycles. The second-order valence-electron chi connectivity index (χ2n) is 4.32. The van der Waals surface area contributed by atoms with Crippen molar-refractivity contribution in [1.29, 1.82) is 0 Å². The molecule has 1 unspecified atom stereocenters. The van der Waals surface area contributed by atoms with Crippen LogP contribution in [-0.4, -0.2) is 28.7 Å². The van der Waals surface area contributed by atoms with E-state index in [1.54, 1.807) is 32.0 Å². The molecule has 0 saturated heterocycles. The Kier molecular flexibility index (Phi) is 4.69. The zero-order valence-corrected chi connectivity index (χ0v) is 12.5. The maximum atomic E-state index is 11.8. The van der Waals surface area contributed by atoms with Gasteiger partial charge in [-0.1, -0.05) is 11.8 Å². The van der Waals surface area contributed by atoms with Crippen molar-refractivity contribution in [3.63, 3.8) is 0 Å². The van der Waals surface area contributed by atoms with Crippen LogP contribution in [0.5, 0.6) is 0 Å². The van der Waals surface area contributed by atoms with Gasteiger partial charge in [-0.2, -0.15) is 0 Å². The topological polar surface area (TPSA) is 110 Å². The average molecular weight is 308 g/mol. The van der Waals surface area contributed by atoms with Crippen molar-refractivity contribution in [1.82, 2.24) is 15.6 Å². The minimum absolute atomic E-state index is 0.356. The second-order valence-corrected chi connectivity index (χ2v) is 5.61. The maximum absolute atomic E-state index is 11.8. The zero-order valence-electron chi connectivity index (χ0n) is 11.7. The molecule has 21 heavy (non-hydrogen) atoms. The predicted molar refractivity (Wildman–Crippen MR) is 81.0 cm³/mol. The van der Waals surface area contributed by atoms with Gasteiger partial charge in [-0.05, 0) is 32.0 Å².